The predicted molar refractivity (Wildman–Crippen MR) is 107 cm³/mol. The molecule has 0 fully saturated rings. The molecule has 0 spiro atoms. The van der Waals surface area contributed by atoms with E-state index in [9.17, 15) is 0 Å². The molecule has 0 amide bonds. The molecule has 0 bridgehead atoms. The maximum Gasteiger partial charge on any atom is 0.187 e. The Bertz CT molecular complexity index is 660. The van der Waals surface area contributed by atoms with Crippen LogP contribution < -0.4 is 15.4 Å². The van der Waals surface area contributed by atoms with Gasteiger partial charge < -0.3 is 10.6 Å². The largest absolute Gasteiger partial charge is 0.393 e. The smallest absolute Gasteiger partial charge is 0.187 e. The molecule has 0 saturated carbocycles. The van der Waals surface area contributed by atoms with Crippen molar-refractivity contribution in [1.82, 2.24) is 15.0 Å². The van der Waals surface area contributed by atoms with Crippen molar-refractivity contribution >= 4 is 51.6 Å². The van der Waals surface area contributed by atoms with Gasteiger partial charge in [-0.2, -0.15) is 0 Å². The van der Waals surface area contributed by atoms with E-state index in [-0.39, 0.29) is 5.54 Å². The van der Waals surface area contributed by atoms with Crippen LogP contribution in [0.4, 0.5) is 10.8 Å². The molecule has 0 saturated heterocycles. The normalized spacial score (nSPS) is 12.3. The first kappa shape index (κ1) is 18.2. The average molecular weight is 367 g/mol. The van der Waals surface area contributed by atoms with Crippen molar-refractivity contribution in [3.8, 4) is 0 Å². The van der Waals surface area contributed by atoms with Crippen molar-refractivity contribution in [3.05, 3.63) is 41.5 Å². The Morgan fingerprint density at radius 1 is 1.35 bits per heavy atom. The minimum absolute atomic E-state index is 0.0180. The van der Waals surface area contributed by atoms with Gasteiger partial charge in [-0.1, -0.05) is 6.07 Å². The zero-order chi connectivity index (χ0) is 16.9. The van der Waals surface area contributed by atoms with Crippen LogP contribution in [0.1, 0.15) is 26.3 Å². The molecule has 0 atom stereocenters. The molecule has 0 unspecified atom stereocenters. The number of nitrogens with one attached hydrogen (secondary N) is 3. The molecule has 124 valence electrons. The maximum atomic E-state index is 4.58. The van der Waals surface area contributed by atoms with Crippen LogP contribution in [-0.2, 0) is 0 Å². The number of hydrogen-bond donors (Lipinski definition) is 4. The molecule has 1 aromatic carbocycles. The lowest BCUT2D eigenvalue weighted by Gasteiger charge is -2.21. The summed E-state index contributed by atoms with van der Waals surface area (Å²) in [6, 6.07) is 6.22. The molecule has 0 aliphatic carbocycles. The van der Waals surface area contributed by atoms with E-state index in [1.807, 2.05) is 24.7 Å². The van der Waals surface area contributed by atoms with Gasteiger partial charge in [0.2, 0.25) is 0 Å². The molecular weight excluding hydrogens is 344 g/mol. The standard InChI is InChI=1S/C16H22N4S3/c1-16(2,3)20-23-14-9-11(19-15-18-7-8-22-15)5-6-12(14)13(21)10-17-4/h5-10,17,20-21H,1-4H3,(H,18,19)/b13-10-. The summed E-state index contributed by atoms with van der Waals surface area (Å²) in [7, 11) is 1.87. The second kappa shape index (κ2) is 8.10. The fourth-order valence-electron chi connectivity index (χ4n) is 1.73. The monoisotopic (exact) mass is 366 g/mol. The first-order valence-corrected chi connectivity index (χ1v) is 9.35. The van der Waals surface area contributed by atoms with Gasteiger partial charge in [-0.25, -0.2) is 4.98 Å². The molecular formula is C16H22N4S3. The van der Waals surface area contributed by atoms with Crippen molar-refractivity contribution in [2.24, 2.45) is 0 Å². The summed E-state index contributed by atoms with van der Waals surface area (Å²) in [5, 5.41) is 9.19. The fraction of sp³-hybridized carbons (Fsp3) is 0.312. The lowest BCUT2D eigenvalue weighted by molar-refractivity contribution is 0.535. The quantitative estimate of drug-likeness (QED) is 0.440. The molecule has 2 rings (SSSR count). The summed E-state index contributed by atoms with van der Waals surface area (Å²) in [6.07, 6.45) is 3.67. The maximum absolute atomic E-state index is 4.58. The number of anilines is 2. The molecule has 0 aliphatic heterocycles. The Morgan fingerprint density at radius 3 is 2.74 bits per heavy atom. The average Bonchev–Trinajstić information content (AvgIpc) is 2.97. The van der Waals surface area contributed by atoms with Crippen molar-refractivity contribution in [3.63, 3.8) is 0 Å². The van der Waals surface area contributed by atoms with Gasteiger partial charge in [-0.3, -0.25) is 4.72 Å². The van der Waals surface area contributed by atoms with Gasteiger partial charge in [-0.15, -0.1) is 24.0 Å². The predicted octanol–water partition coefficient (Wildman–Crippen LogP) is 4.73. The van der Waals surface area contributed by atoms with Gasteiger partial charge in [0.15, 0.2) is 5.13 Å². The minimum atomic E-state index is 0.0180. The van der Waals surface area contributed by atoms with Crippen LogP contribution in [-0.4, -0.2) is 17.6 Å². The number of benzene rings is 1. The van der Waals surface area contributed by atoms with E-state index >= 15 is 0 Å². The number of aromatic nitrogens is 1. The highest BCUT2D eigenvalue weighted by molar-refractivity contribution is 7.97. The number of hydrogen-bond acceptors (Lipinski definition) is 7. The molecule has 1 heterocycles. The third-order valence-electron chi connectivity index (χ3n) is 2.69. The zero-order valence-electron chi connectivity index (χ0n) is 13.7. The van der Waals surface area contributed by atoms with Crippen LogP contribution >= 0.6 is 35.9 Å². The van der Waals surface area contributed by atoms with Gasteiger partial charge >= 0.3 is 0 Å². The zero-order valence-corrected chi connectivity index (χ0v) is 16.2. The highest BCUT2D eigenvalue weighted by atomic mass is 32.2. The Labute approximate surface area is 151 Å². The van der Waals surface area contributed by atoms with Crippen molar-refractivity contribution in [2.75, 3.05) is 12.4 Å². The van der Waals surface area contributed by atoms with Crippen LogP contribution in [0.25, 0.3) is 4.91 Å². The second-order valence-corrected chi connectivity index (χ2v) is 8.17. The SMILES string of the molecule is CN/C=C(\S)c1ccc(Nc2nccs2)cc1SNC(C)(C)C. The van der Waals surface area contributed by atoms with E-state index in [4.69, 9.17) is 0 Å². The molecule has 7 heteroatoms. The van der Waals surface area contributed by atoms with Gasteiger partial charge in [0.1, 0.15) is 0 Å². The molecule has 23 heavy (non-hydrogen) atoms. The molecule has 1 aromatic heterocycles. The van der Waals surface area contributed by atoms with Gasteiger partial charge in [0, 0.05) is 51.4 Å². The van der Waals surface area contributed by atoms with Gasteiger partial charge in [0.05, 0.1) is 0 Å². The fourth-order valence-corrected chi connectivity index (χ4v) is 3.57. The van der Waals surface area contributed by atoms with E-state index in [0.29, 0.717) is 0 Å². The molecule has 4 nitrogen and oxygen atoms in total. The third kappa shape index (κ3) is 5.76. The topological polar surface area (TPSA) is 49.0 Å². The van der Waals surface area contributed by atoms with E-state index in [1.54, 1.807) is 29.5 Å². The summed E-state index contributed by atoms with van der Waals surface area (Å²) in [5.74, 6) is 0. The number of rotatable bonds is 6. The first-order valence-electron chi connectivity index (χ1n) is 7.20. The lowest BCUT2D eigenvalue weighted by Crippen LogP contribution is -2.29. The Morgan fingerprint density at radius 2 is 2.13 bits per heavy atom. The summed E-state index contributed by atoms with van der Waals surface area (Å²) in [4.78, 5) is 6.27. The van der Waals surface area contributed by atoms with Gasteiger partial charge in [0.25, 0.3) is 0 Å². The number of thiol groups is 1. The van der Waals surface area contributed by atoms with Gasteiger partial charge in [-0.05, 0) is 44.9 Å². The minimum Gasteiger partial charge on any atom is -0.393 e. The van der Waals surface area contributed by atoms with E-state index in [0.717, 1.165) is 26.2 Å². The summed E-state index contributed by atoms with van der Waals surface area (Å²) in [5.41, 5.74) is 2.10. The summed E-state index contributed by atoms with van der Waals surface area (Å²) >= 11 is 7.77. The molecule has 3 N–H and O–H groups in total. The Hall–Kier alpha value is -1.15. The van der Waals surface area contributed by atoms with Crippen LogP contribution in [0.2, 0.25) is 0 Å². The van der Waals surface area contributed by atoms with Crippen molar-refractivity contribution in [1.29, 1.82) is 0 Å². The highest BCUT2D eigenvalue weighted by Gasteiger charge is 2.13. The van der Waals surface area contributed by atoms with Crippen LogP contribution in [0.5, 0.6) is 0 Å². The molecule has 2 aromatic rings. The first-order chi connectivity index (χ1) is 10.9. The Kier molecular flexibility index (Phi) is 6.41. The molecule has 0 radical (unpaired) electrons. The second-order valence-electron chi connectivity index (χ2n) is 5.95. The van der Waals surface area contributed by atoms with Crippen LogP contribution in [0.15, 0.2) is 40.9 Å². The van der Waals surface area contributed by atoms with E-state index in [2.05, 4.69) is 65.9 Å². The highest BCUT2D eigenvalue weighted by Crippen LogP contribution is 2.33. The van der Waals surface area contributed by atoms with Crippen molar-refractivity contribution in [2.45, 2.75) is 31.2 Å². The van der Waals surface area contributed by atoms with E-state index < -0.39 is 0 Å². The number of thiazole rings is 1. The molecule has 0 aliphatic rings. The van der Waals surface area contributed by atoms with Crippen LogP contribution in [0.3, 0.4) is 0 Å². The van der Waals surface area contributed by atoms with E-state index in [1.165, 1.54) is 0 Å². The summed E-state index contributed by atoms with van der Waals surface area (Å²) in [6.45, 7) is 6.42. The summed E-state index contributed by atoms with van der Waals surface area (Å²) < 4.78 is 3.46. The lowest BCUT2D eigenvalue weighted by atomic mass is 10.1. The Balaban J connectivity index is 2.29. The third-order valence-corrected chi connectivity index (χ3v) is 5.02. The van der Waals surface area contributed by atoms with Crippen molar-refractivity contribution < 1.29 is 0 Å². The number of nitrogens with zero attached hydrogens (tertiary/aromatic N) is 1. The van der Waals surface area contributed by atoms with Crippen LogP contribution in [0, 0.1) is 0 Å².